The molecule has 0 aliphatic heterocycles. The molecule has 0 unspecified atom stereocenters. The normalized spacial score (nSPS) is 11.3. The number of aryl methyl sites for hydroxylation is 1. The Hall–Kier alpha value is -2.00. The van der Waals surface area contributed by atoms with Crippen molar-refractivity contribution < 1.29 is 9.47 Å². The number of methoxy groups -OCH3 is 1. The Morgan fingerprint density at radius 2 is 1.70 bits per heavy atom. The van der Waals surface area contributed by atoms with Crippen LogP contribution in [0.3, 0.4) is 0 Å². The highest BCUT2D eigenvalue weighted by Gasteiger charge is 2.14. The van der Waals surface area contributed by atoms with Crippen LogP contribution in [0.4, 0.5) is 0 Å². The van der Waals surface area contributed by atoms with E-state index in [0.717, 1.165) is 29.2 Å². The predicted molar refractivity (Wildman–Crippen MR) is 95.1 cm³/mol. The van der Waals surface area contributed by atoms with Crippen LogP contribution in [0.15, 0.2) is 42.5 Å². The van der Waals surface area contributed by atoms with Crippen molar-refractivity contribution in [3.05, 3.63) is 59.2 Å². The molecule has 0 atom stereocenters. The predicted octanol–water partition coefficient (Wildman–Crippen LogP) is 4.47. The van der Waals surface area contributed by atoms with Crippen LogP contribution in [0.5, 0.6) is 11.5 Å². The van der Waals surface area contributed by atoms with E-state index < -0.39 is 0 Å². The van der Waals surface area contributed by atoms with Gasteiger partial charge >= 0.3 is 0 Å². The second-order valence-corrected chi connectivity index (χ2v) is 6.83. The molecule has 2 aromatic carbocycles. The summed E-state index contributed by atoms with van der Waals surface area (Å²) in [5.74, 6) is 1.58. The maximum absolute atomic E-state index is 6.09. The Kier molecular flexibility index (Phi) is 5.67. The Morgan fingerprint density at radius 3 is 2.30 bits per heavy atom. The minimum atomic E-state index is 0.0529. The van der Waals surface area contributed by atoms with Crippen molar-refractivity contribution in [2.45, 2.75) is 46.4 Å². The number of rotatable bonds is 6. The number of benzene rings is 2. The van der Waals surface area contributed by atoms with E-state index in [2.05, 4.69) is 63.3 Å². The van der Waals surface area contributed by atoms with E-state index in [1.807, 2.05) is 12.1 Å². The summed E-state index contributed by atoms with van der Waals surface area (Å²) in [6, 6.07) is 14.4. The maximum Gasteiger partial charge on any atom is 0.166 e. The van der Waals surface area contributed by atoms with Crippen molar-refractivity contribution in [1.82, 2.24) is 5.32 Å². The lowest BCUT2D eigenvalue weighted by Crippen LogP contribution is -2.35. The van der Waals surface area contributed by atoms with Gasteiger partial charge in [-0.15, -0.1) is 0 Å². The molecular formula is C20H27NO2. The second kappa shape index (κ2) is 7.51. The molecule has 0 saturated carbocycles. The van der Waals surface area contributed by atoms with Gasteiger partial charge in [-0.3, -0.25) is 0 Å². The van der Waals surface area contributed by atoms with Gasteiger partial charge in [0.25, 0.3) is 0 Å². The monoisotopic (exact) mass is 313 g/mol. The molecule has 0 aliphatic carbocycles. The first kappa shape index (κ1) is 17.4. The molecule has 0 bridgehead atoms. The molecule has 0 aliphatic rings. The van der Waals surface area contributed by atoms with E-state index in [4.69, 9.17) is 9.47 Å². The molecule has 3 heteroatoms. The molecule has 0 heterocycles. The lowest BCUT2D eigenvalue weighted by molar-refractivity contribution is 0.279. The fourth-order valence-electron chi connectivity index (χ4n) is 2.23. The average molecular weight is 313 g/mol. The number of hydrogen-bond donors (Lipinski definition) is 1. The maximum atomic E-state index is 6.09. The van der Waals surface area contributed by atoms with Gasteiger partial charge < -0.3 is 14.8 Å². The van der Waals surface area contributed by atoms with Crippen LogP contribution in [0.25, 0.3) is 0 Å². The molecule has 0 radical (unpaired) electrons. The topological polar surface area (TPSA) is 30.5 Å². The molecule has 0 fully saturated rings. The first-order valence-electron chi connectivity index (χ1n) is 7.98. The molecule has 23 heavy (non-hydrogen) atoms. The van der Waals surface area contributed by atoms with Crippen molar-refractivity contribution in [3.8, 4) is 11.5 Å². The van der Waals surface area contributed by atoms with Gasteiger partial charge in [-0.05, 0) is 39.3 Å². The summed E-state index contributed by atoms with van der Waals surface area (Å²) in [6.07, 6.45) is 0. The van der Waals surface area contributed by atoms with E-state index in [0.29, 0.717) is 6.61 Å². The summed E-state index contributed by atoms with van der Waals surface area (Å²) in [5.41, 5.74) is 3.56. The summed E-state index contributed by atoms with van der Waals surface area (Å²) in [4.78, 5) is 0. The van der Waals surface area contributed by atoms with E-state index in [-0.39, 0.29) is 5.54 Å². The zero-order valence-electron chi connectivity index (χ0n) is 14.8. The number of hydrogen-bond acceptors (Lipinski definition) is 3. The van der Waals surface area contributed by atoms with Gasteiger partial charge in [0.1, 0.15) is 6.61 Å². The van der Waals surface area contributed by atoms with Crippen LogP contribution in [-0.4, -0.2) is 12.6 Å². The zero-order chi connectivity index (χ0) is 16.9. The van der Waals surface area contributed by atoms with Gasteiger partial charge in [-0.2, -0.15) is 0 Å². The highest BCUT2D eigenvalue weighted by Crippen LogP contribution is 2.32. The van der Waals surface area contributed by atoms with Gasteiger partial charge in [0, 0.05) is 17.6 Å². The Morgan fingerprint density at radius 1 is 1.00 bits per heavy atom. The van der Waals surface area contributed by atoms with Crippen LogP contribution >= 0.6 is 0 Å². The lowest BCUT2D eigenvalue weighted by atomic mass is 10.1. The van der Waals surface area contributed by atoms with Crippen molar-refractivity contribution in [2.75, 3.05) is 7.11 Å². The van der Waals surface area contributed by atoms with E-state index in [9.17, 15) is 0 Å². The first-order valence-corrected chi connectivity index (χ1v) is 7.98. The minimum absolute atomic E-state index is 0.0529. The molecule has 2 rings (SSSR count). The van der Waals surface area contributed by atoms with Crippen molar-refractivity contribution in [1.29, 1.82) is 0 Å². The number of para-hydroxylation sites is 1. The highest BCUT2D eigenvalue weighted by atomic mass is 16.5. The third-order valence-electron chi connectivity index (χ3n) is 3.59. The Balaban J connectivity index is 2.15. The summed E-state index contributed by atoms with van der Waals surface area (Å²) >= 11 is 0. The fraction of sp³-hybridized carbons (Fsp3) is 0.400. The molecule has 0 saturated heterocycles. The number of ether oxygens (including phenoxy) is 2. The van der Waals surface area contributed by atoms with Gasteiger partial charge in [0.2, 0.25) is 0 Å². The summed E-state index contributed by atoms with van der Waals surface area (Å²) in [6.45, 7) is 9.81. The minimum Gasteiger partial charge on any atom is -0.493 e. The smallest absolute Gasteiger partial charge is 0.166 e. The third kappa shape index (κ3) is 5.29. The molecule has 1 N–H and O–H groups in total. The summed E-state index contributed by atoms with van der Waals surface area (Å²) in [5, 5.41) is 3.50. The van der Waals surface area contributed by atoms with E-state index in [1.54, 1.807) is 7.11 Å². The van der Waals surface area contributed by atoms with Crippen LogP contribution in [0, 0.1) is 6.92 Å². The molecule has 0 amide bonds. The molecule has 2 aromatic rings. The first-order chi connectivity index (χ1) is 10.9. The summed E-state index contributed by atoms with van der Waals surface area (Å²) < 4.78 is 11.6. The standard InChI is InChI=1S/C20H27NO2/c1-15-9-11-16(12-10-15)14-23-19-17(13-21-20(2,3)4)7-6-8-18(19)22-5/h6-12,21H,13-14H2,1-5H3. The lowest BCUT2D eigenvalue weighted by Gasteiger charge is -2.22. The average Bonchev–Trinajstić information content (AvgIpc) is 2.51. The summed E-state index contributed by atoms with van der Waals surface area (Å²) in [7, 11) is 1.68. The van der Waals surface area contributed by atoms with Crippen molar-refractivity contribution >= 4 is 0 Å². The van der Waals surface area contributed by atoms with Crippen LogP contribution in [0.2, 0.25) is 0 Å². The van der Waals surface area contributed by atoms with Gasteiger partial charge in [0.15, 0.2) is 11.5 Å². The molecular weight excluding hydrogens is 286 g/mol. The van der Waals surface area contributed by atoms with Crippen LogP contribution < -0.4 is 14.8 Å². The molecule has 0 aromatic heterocycles. The SMILES string of the molecule is COc1cccc(CNC(C)(C)C)c1OCc1ccc(C)cc1. The number of nitrogens with one attached hydrogen (secondary N) is 1. The Labute approximate surface area is 139 Å². The fourth-order valence-corrected chi connectivity index (χ4v) is 2.23. The highest BCUT2D eigenvalue weighted by molar-refractivity contribution is 5.46. The zero-order valence-corrected chi connectivity index (χ0v) is 14.8. The van der Waals surface area contributed by atoms with E-state index in [1.165, 1.54) is 5.56 Å². The van der Waals surface area contributed by atoms with Gasteiger partial charge in [-0.1, -0.05) is 42.0 Å². The van der Waals surface area contributed by atoms with E-state index >= 15 is 0 Å². The molecule has 0 spiro atoms. The van der Waals surface area contributed by atoms with Gasteiger partial charge in [0.05, 0.1) is 7.11 Å². The second-order valence-electron chi connectivity index (χ2n) is 6.83. The molecule has 124 valence electrons. The quantitative estimate of drug-likeness (QED) is 0.853. The Bertz CT molecular complexity index is 627. The largest absolute Gasteiger partial charge is 0.493 e. The van der Waals surface area contributed by atoms with Crippen LogP contribution in [0.1, 0.15) is 37.5 Å². The van der Waals surface area contributed by atoms with Crippen LogP contribution in [-0.2, 0) is 13.2 Å². The third-order valence-corrected chi connectivity index (χ3v) is 3.59. The van der Waals surface area contributed by atoms with Crippen molar-refractivity contribution in [3.63, 3.8) is 0 Å². The van der Waals surface area contributed by atoms with Crippen molar-refractivity contribution in [2.24, 2.45) is 0 Å². The molecule has 3 nitrogen and oxygen atoms in total. The van der Waals surface area contributed by atoms with Gasteiger partial charge in [-0.25, -0.2) is 0 Å².